The summed E-state index contributed by atoms with van der Waals surface area (Å²) in [6, 6.07) is 27.0. The van der Waals surface area contributed by atoms with Crippen molar-refractivity contribution in [1.82, 2.24) is 0 Å². The molecule has 4 heteroatoms. The highest BCUT2D eigenvalue weighted by atomic mass is 16.3. The summed E-state index contributed by atoms with van der Waals surface area (Å²) in [6.45, 7) is 11.7. The zero-order valence-corrected chi connectivity index (χ0v) is 23.9. The number of Topliss-reactive ketones (excluding diaryl/α,β-unsaturated/α-hetero) is 1. The zero-order chi connectivity index (χ0) is 28.2. The van der Waals surface area contributed by atoms with E-state index in [0.717, 1.165) is 59.9 Å². The molecule has 2 aliphatic carbocycles. The van der Waals surface area contributed by atoms with Crippen molar-refractivity contribution in [3.8, 4) is 0 Å². The Morgan fingerprint density at radius 2 is 1.55 bits per heavy atom. The van der Waals surface area contributed by atoms with Crippen molar-refractivity contribution in [2.24, 2.45) is 0 Å². The summed E-state index contributed by atoms with van der Waals surface area (Å²) in [5, 5.41) is 13.5. The van der Waals surface area contributed by atoms with E-state index in [1.165, 1.54) is 11.1 Å². The second-order valence-corrected chi connectivity index (χ2v) is 10.7. The van der Waals surface area contributed by atoms with Crippen molar-refractivity contribution in [1.29, 1.82) is 0 Å². The summed E-state index contributed by atoms with van der Waals surface area (Å²) in [4.78, 5) is 15.8. The molecule has 3 aromatic rings. The molecule has 2 atom stereocenters. The summed E-state index contributed by atoms with van der Waals surface area (Å²) in [5.41, 5.74) is 8.73. The van der Waals surface area contributed by atoms with Gasteiger partial charge in [0.15, 0.2) is 18.0 Å². The summed E-state index contributed by atoms with van der Waals surface area (Å²) in [6.07, 6.45) is 5.06. The highest BCUT2D eigenvalue weighted by molar-refractivity contribution is 6.12. The van der Waals surface area contributed by atoms with Gasteiger partial charge in [0.1, 0.15) is 6.54 Å². The molecule has 1 fully saturated rings. The normalized spacial score (nSPS) is 21.6. The van der Waals surface area contributed by atoms with Crippen molar-refractivity contribution >= 4 is 17.2 Å². The second kappa shape index (κ2) is 12.0. The molecule has 3 aromatic carbocycles. The van der Waals surface area contributed by atoms with Crippen LogP contribution in [0.25, 0.3) is 0 Å². The molecule has 0 N–H and O–H groups in total. The molecule has 40 heavy (non-hydrogen) atoms. The van der Waals surface area contributed by atoms with Crippen molar-refractivity contribution in [2.45, 2.75) is 52.8 Å². The Morgan fingerprint density at radius 1 is 0.875 bits per heavy atom. The van der Waals surface area contributed by atoms with Crippen LogP contribution < -0.4 is 10.0 Å². The maximum absolute atomic E-state index is 13.5. The second-order valence-electron chi connectivity index (χ2n) is 10.7. The van der Waals surface area contributed by atoms with Gasteiger partial charge in [-0.3, -0.25) is 4.79 Å². The Kier molecular flexibility index (Phi) is 8.27. The first-order chi connectivity index (χ1) is 19.4. The number of anilines is 1. The van der Waals surface area contributed by atoms with Crippen LogP contribution in [0.5, 0.6) is 0 Å². The van der Waals surface area contributed by atoms with Gasteiger partial charge < -0.3 is 10.0 Å². The van der Waals surface area contributed by atoms with Gasteiger partial charge in [-0.25, -0.2) is 4.58 Å². The molecule has 1 saturated carbocycles. The monoisotopic (exact) mass is 530 g/mol. The number of hydrogen-bond donors (Lipinski definition) is 0. The summed E-state index contributed by atoms with van der Waals surface area (Å²) >= 11 is 0. The standard InChI is InChI=1S/C36H38N2O2/c1-5-37(23-27-13-9-7-10-14-27)29-17-19-31(25(3)21-29)33-35(39)34(36(33)40)32-20-18-30(22-26(32)4)38(6-2)24-28-15-11-8-12-16-28/h7-22,33,35H,5-6,23-24H2,1-4H3. The molecule has 0 spiro atoms. The van der Waals surface area contributed by atoms with E-state index in [2.05, 4.69) is 90.1 Å². The third-order valence-corrected chi connectivity index (χ3v) is 8.15. The van der Waals surface area contributed by atoms with Crippen molar-refractivity contribution in [2.75, 3.05) is 18.0 Å². The van der Waals surface area contributed by atoms with Crippen molar-refractivity contribution < 1.29 is 14.5 Å². The van der Waals surface area contributed by atoms with Crippen molar-refractivity contribution in [3.63, 3.8) is 0 Å². The number of benzene rings is 3. The third kappa shape index (κ3) is 5.50. The van der Waals surface area contributed by atoms with E-state index in [9.17, 15) is 9.90 Å². The van der Waals surface area contributed by atoms with Crippen LogP contribution in [0.3, 0.4) is 0 Å². The average Bonchev–Trinajstić information content (AvgIpc) is 2.98. The van der Waals surface area contributed by atoms with Crippen LogP contribution in [0.1, 0.15) is 48.9 Å². The Hall–Kier alpha value is -4.02. The molecular weight excluding hydrogens is 492 g/mol. The van der Waals surface area contributed by atoms with Crippen LogP contribution in [-0.2, 0) is 17.9 Å². The van der Waals surface area contributed by atoms with Crippen LogP contribution >= 0.6 is 0 Å². The molecule has 0 radical (unpaired) electrons. The molecular formula is C36H38N2O2. The number of rotatable bonds is 8. The minimum absolute atomic E-state index is 0.0417. The molecule has 4 nitrogen and oxygen atoms in total. The Bertz CT molecular complexity index is 1510. The first-order valence-corrected chi connectivity index (χ1v) is 14.3. The first-order valence-electron chi connectivity index (χ1n) is 14.3. The fourth-order valence-corrected chi connectivity index (χ4v) is 5.84. The Morgan fingerprint density at radius 3 is 2.12 bits per heavy atom. The largest absolute Gasteiger partial charge is 0.848 e. The highest BCUT2D eigenvalue weighted by Crippen LogP contribution is 2.42. The maximum Gasteiger partial charge on any atom is 0.200 e. The van der Waals surface area contributed by atoms with Gasteiger partial charge >= 0.3 is 0 Å². The zero-order valence-electron chi connectivity index (χ0n) is 23.9. The molecule has 2 unspecified atom stereocenters. The van der Waals surface area contributed by atoms with E-state index in [1.807, 2.05) is 44.2 Å². The van der Waals surface area contributed by atoms with Gasteiger partial charge in [0.25, 0.3) is 0 Å². The molecule has 0 aromatic heterocycles. The summed E-state index contributed by atoms with van der Waals surface area (Å²) < 4.78 is 2.30. The summed E-state index contributed by atoms with van der Waals surface area (Å²) in [7, 11) is 0. The van der Waals surface area contributed by atoms with Gasteiger partial charge in [0, 0.05) is 42.4 Å². The molecule has 0 amide bonds. The number of allylic oxidation sites excluding steroid dienone is 5. The molecule has 5 rings (SSSR count). The van der Waals surface area contributed by atoms with Crippen LogP contribution in [-0.4, -0.2) is 35.3 Å². The van der Waals surface area contributed by atoms with E-state index in [4.69, 9.17) is 0 Å². The number of ketones is 1. The van der Waals surface area contributed by atoms with Crippen LogP contribution in [0.15, 0.2) is 114 Å². The van der Waals surface area contributed by atoms with E-state index in [0.29, 0.717) is 5.57 Å². The molecule has 0 aliphatic heterocycles. The quantitative estimate of drug-likeness (QED) is 0.269. The number of carbonyl (C=O) groups is 1. The van der Waals surface area contributed by atoms with Gasteiger partial charge in [-0.2, -0.15) is 0 Å². The number of carbonyl (C=O) groups excluding carboxylic acids is 1. The summed E-state index contributed by atoms with van der Waals surface area (Å²) in [5.74, 6) is -0.669. The minimum atomic E-state index is -1.06. The van der Waals surface area contributed by atoms with Crippen LogP contribution in [0.4, 0.5) is 5.69 Å². The molecule has 2 aliphatic rings. The topological polar surface area (TPSA) is 46.4 Å². The van der Waals surface area contributed by atoms with Gasteiger partial charge in [-0.1, -0.05) is 72.8 Å². The van der Waals surface area contributed by atoms with Gasteiger partial charge in [0.2, 0.25) is 0 Å². The van der Waals surface area contributed by atoms with E-state index in [1.54, 1.807) is 0 Å². The van der Waals surface area contributed by atoms with Crippen LogP contribution in [0.2, 0.25) is 0 Å². The van der Waals surface area contributed by atoms with E-state index in [-0.39, 0.29) is 5.78 Å². The Labute approximate surface area is 238 Å². The molecule has 204 valence electrons. The molecule has 0 heterocycles. The smallest absolute Gasteiger partial charge is 0.200 e. The number of nitrogens with zero attached hydrogens (tertiary/aromatic N) is 2. The predicted octanol–water partition coefficient (Wildman–Crippen LogP) is 5.90. The first kappa shape index (κ1) is 27.5. The number of aryl methyl sites for hydroxylation is 1. The lowest BCUT2D eigenvalue weighted by molar-refractivity contribution is -0.539. The molecule has 0 bridgehead atoms. The fourth-order valence-electron chi connectivity index (χ4n) is 5.84. The van der Waals surface area contributed by atoms with Crippen molar-refractivity contribution in [3.05, 3.63) is 136 Å². The van der Waals surface area contributed by atoms with Gasteiger partial charge in [0.05, 0.1) is 0 Å². The third-order valence-electron chi connectivity index (χ3n) is 8.15. The predicted molar refractivity (Wildman–Crippen MR) is 162 cm³/mol. The number of hydrogen-bond acceptors (Lipinski definition) is 3. The fraction of sp³-hybridized carbons (Fsp3) is 0.278. The SMILES string of the molecule is CCN(Cc1ccccc1)c1ccc(C2C(=O)C(=C3C=CC(=[N+](CC)Cc4ccccc4)C=C3C)C2[O-])c(C)c1. The average molecular weight is 531 g/mol. The highest BCUT2D eigenvalue weighted by Gasteiger charge is 2.41. The molecule has 0 saturated heterocycles. The van der Waals surface area contributed by atoms with E-state index >= 15 is 0 Å². The maximum atomic E-state index is 13.5. The van der Waals surface area contributed by atoms with Gasteiger partial charge in [-0.05, 0) is 79.3 Å². The van der Waals surface area contributed by atoms with Crippen LogP contribution in [0, 0.1) is 6.92 Å². The van der Waals surface area contributed by atoms with Gasteiger partial charge in [-0.15, -0.1) is 0 Å². The lowest BCUT2D eigenvalue weighted by atomic mass is 9.67. The minimum Gasteiger partial charge on any atom is -0.848 e. The lowest BCUT2D eigenvalue weighted by Crippen LogP contribution is -2.52. The lowest BCUT2D eigenvalue weighted by Gasteiger charge is -2.45. The Balaban J connectivity index is 1.35. The van der Waals surface area contributed by atoms with E-state index < -0.39 is 12.0 Å².